The second-order valence-electron chi connectivity index (χ2n) is 3.63. The number of carbonyl (C=O) groups is 1. The van der Waals surface area contributed by atoms with E-state index in [4.69, 9.17) is 9.47 Å². The van der Waals surface area contributed by atoms with Gasteiger partial charge in [-0.1, -0.05) is 0 Å². The van der Waals surface area contributed by atoms with E-state index in [1.54, 1.807) is 6.92 Å². The summed E-state index contributed by atoms with van der Waals surface area (Å²) in [7, 11) is 0. The van der Waals surface area contributed by atoms with Crippen molar-refractivity contribution in [2.45, 2.75) is 26.2 Å². The van der Waals surface area contributed by atoms with Gasteiger partial charge in [0.15, 0.2) is 5.41 Å². The van der Waals surface area contributed by atoms with Crippen LogP contribution in [-0.4, -0.2) is 29.2 Å². The molecule has 18 heavy (non-hydrogen) atoms. The number of carbonyl (C=O) groups excluding carboxylic acids is 1. The Morgan fingerprint density at radius 2 is 2.17 bits per heavy atom. The molecular weight excluding hydrogens is 234 g/mol. The highest BCUT2D eigenvalue weighted by Gasteiger charge is 2.39. The smallest absolute Gasteiger partial charge is 0.332 e. The molecule has 0 spiro atoms. The Balaban J connectivity index is 3.12. The fourth-order valence-electron chi connectivity index (χ4n) is 1.32. The van der Waals surface area contributed by atoms with Gasteiger partial charge >= 0.3 is 5.97 Å². The first-order valence-electron chi connectivity index (χ1n) is 5.62. The molecule has 1 rings (SSSR count). The summed E-state index contributed by atoms with van der Waals surface area (Å²) in [4.78, 5) is 19.7. The summed E-state index contributed by atoms with van der Waals surface area (Å²) in [6.07, 6.45) is 1.26. The van der Waals surface area contributed by atoms with Crippen molar-refractivity contribution in [3.05, 3.63) is 18.1 Å². The third-order valence-electron chi connectivity index (χ3n) is 2.35. The molecule has 6 heteroatoms. The van der Waals surface area contributed by atoms with Gasteiger partial charge in [-0.2, -0.15) is 5.26 Å². The van der Waals surface area contributed by atoms with Gasteiger partial charge in [-0.15, -0.1) is 0 Å². The lowest BCUT2D eigenvalue weighted by Crippen LogP contribution is -2.34. The highest BCUT2D eigenvalue weighted by molar-refractivity contribution is 5.85. The third kappa shape index (κ3) is 2.74. The van der Waals surface area contributed by atoms with E-state index >= 15 is 0 Å². The number of hydrogen-bond acceptors (Lipinski definition) is 6. The molecule has 0 aliphatic rings. The molecule has 0 fully saturated rings. The summed E-state index contributed by atoms with van der Waals surface area (Å²) in [6, 6.07) is 3.40. The molecule has 1 aromatic heterocycles. The second-order valence-corrected chi connectivity index (χ2v) is 3.63. The number of hydrogen-bond donors (Lipinski definition) is 0. The van der Waals surface area contributed by atoms with Gasteiger partial charge in [0.25, 0.3) is 0 Å². The van der Waals surface area contributed by atoms with Gasteiger partial charge in [0.1, 0.15) is 6.33 Å². The molecule has 6 nitrogen and oxygen atoms in total. The predicted molar refractivity (Wildman–Crippen MR) is 62.8 cm³/mol. The summed E-state index contributed by atoms with van der Waals surface area (Å²) >= 11 is 0. The normalized spacial score (nSPS) is 13.2. The largest absolute Gasteiger partial charge is 0.478 e. The summed E-state index contributed by atoms with van der Waals surface area (Å²) in [5.41, 5.74) is -1.19. The Morgan fingerprint density at radius 1 is 1.44 bits per heavy atom. The number of ether oxygens (including phenoxy) is 2. The molecule has 0 saturated heterocycles. The quantitative estimate of drug-likeness (QED) is 0.729. The van der Waals surface area contributed by atoms with Gasteiger partial charge in [0.05, 0.1) is 25.0 Å². The van der Waals surface area contributed by atoms with Crippen LogP contribution in [0.3, 0.4) is 0 Å². The van der Waals surface area contributed by atoms with Crippen LogP contribution in [-0.2, 0) is 14.9 Å². The number of aromatic nitrogens is 2. The van der Waals surface area contributed by atoms with Crippen molar-refractivity contribution >= 4 is 5.97 Å². The minimum atomic E-state index is -1.45. The Hall–Kier alpha value is -2.16. The van der Waals surface area contributed by atoms with Crippen LogP contribution in [0, 0.1) is 11.3 Å². The summed E-state index contributed by atoms with van der Waals surface area (Å²) in [5.74, 6) is -0.304. The Bertz CT molecular complexity index is 470. The van der Waals surface area contributed by atoms with Crippen LogP contribution >= 0.6 is 0 Å². The van der Waals surface area contributed by atoms with Gasteiger partial charge in [-0.05, 0) is 20.8 Å². The van der Waals surface area contributed by atoms with Crippen molar-refractivity contribution in [3.8, 4) is 11.9 Å². The van der Waals surface area contributed by atoms with Crippen molar-refractivity contribution in [2.24, 2.45) is 0 Å². The Kier molecular flexibility index (Phi) is 4.60. The van der Waals surface area contributed by atoms with E-state index in [2.05, 4.69) is 9.97 Å². The summed E-state index contributed by atoms with van der Waals surface area (Å²) < 4.78 is 10.1. The maximum Gasteiger partial charge on any atom is 0.332 e. The fraction of sp³-hybridized carbons (Fsp3) is 0.500. The van der Waals surface area contributed by atoms with E-state index < -0.39 is 11.4 Å². The zero-order valence-electron chi connectivity index (χ0n) is 10.6. The van der Waals surface area contributed by atoms with E-state index in [1.807, 2.05) is 13.0 Å². The van der Waals surface area contributed by atoms with Crippen molar-refractivity contribution < 1.29 is 14.3 Å². The van der Waals surface area contributed by atoms with Crippen LogP contribution in [0.1, 0.15) is 26.5 Å². The molecule has 0 saturated carbocycles. The van der Waals surface area contributed by atoms with Crippen molar-refractivity contribution in [2.75, 3.05) is 13.2 Å². The van der Waals surface area contributed by atoms with Gasteiger partial charge in [-0.3, -0.25) is 0 Å². The molecule has 0 N–H and O–H groups in total. The van der Waals surface area contributed by atoms with Gasteiger partial charge < -0.3 is 9.47 Å². The molecule has 0 aliphatic heterocycles. The van der Waals surface area contributed by atoms with Crippen molar-refractivity contribution in [1.82, 2.24) is 9.97 Å². The van der Waals surface area contributed by atoms with Crippen LogP contribution < -0.4 is 4.74 Å². The number of nitriles is 1. The fourth-order valence-corrected chi connectivity index (χ4v) is 1.32. The standard InChI is InChI=1S/C12H15N3O3/c1-4-17-10-6-9(14-8-15-10)12(3,7-13)11(16)18-5-2/h6,8H,4-5H2,1-3H3. The first kappa shape index (κ1) is 13.9. The predicted octanol–water partition coefficient (Wildman–Crippen LogP) is 1.22. The van der Waals surface area contributed by atoms with Crippen LogP contribution in [0.25, 0.3) is 0 Å². The van der Waals surface area contributed by atoms with Crippen LogP contribution in [0.4, 0.5) is 0 Å². The zero-order valence-corrected chi connectivity index (χ0v) is 10.6. The molecule has 1 unspecified atom stereocenters. The van der Waals surface area contributed by atoms with Crippen LogP contribution in [0.15, 0.2) is 12.4 Å². The maximum absolute atomic E-state index is 11.8. The second kappa shape index (κ2) is 5.96. The number of rotatable bonds is 5. The first-order chi connectivity index (χ1) is 8.58. The van der Waals surface area contributed by atoms with E-state index in [9.17, 15) is 10.1 Å². The molecule has 0 aromatic carbocycles. The SMILES string of the molecule is CCOC(=O)C(C)(C#N)c1cc(OCC)ncn1. The average molecular weight is 249 g/mol. The molecule has 0 radical (unpaired) electrons. The molecule has 96 valence electrons. The molecular formula is C12H15N3O3. The van der Waals surface area contributed by atoms with E-state index in [0.717, 1.165) is 0 Å². The average Bonchev–Trinajstić information content (AvgIpc) is 2.38. The lowest BCUT2D eigenvalue weighted by atomic mass is 9.88. The van der Waals surface area contributed by atoms with E-state index in [1.165, 1.54) is 19.3 Å². The zero-order chi connectivity index (χ0) is 13.6. The van der Waals surface area contributed by atoms with Crippen LogP contribution in [0.2, 0.25) is 0 Å². The maximum atomic E-state index is 11.8. The minimum Gasteiger partial charge on any atom is -0.478 e. The summed E-state index contributed by atoms with van der Waals surface area (Å²) in [5, 5.41) is 9.20. The Labute approximate surface area is 106 Å². The van der Waals surface area contributed by atoms with Crippen molar-refractivity contribution in [1.29, 1.82) is 5.26 Å². The van der Waals surface area contributed by atoms with Crippen molar-refractivity contribution in [3.63, 3.8) is 0 Å². The molecule has 1 atom stereocenters. The van der Waals surface area contributed by atoms with Crippen LogP contribution in [0.5, 0.6) is 5.88 Å². The first-order valence-corrected chi connectivity index (χ1v) is 5.62. The number of esters is 1. The molecule has 0 bridgehead atoms. The highest BCUT2D eigenvalue weighted by Crippen LogP contribution is 2.24. The number of nitrogens with zero attached hydrogens (tertiary/aromatic N) is 3. The molecule has 0 amide bonds. The van der Waals surface area contributed by atoms with Gasteiger partial charge in [0.2, 0.25) is 5.88 Å². The topological polar surface area (TPSA) is 85.1 Å². The molecule has 1 heterocycles. The third-order valence-corrected chi connectivity index (χ3v) is 2.35. The monoisotopic (exact) mass is 249 g/mol. The summed E-state index contributed by atoms with van der Waals surface area (Å²) in [6.45, 7) is 5.61. The van der Waals surface area contributed by atoms with E-state index in [0.29, 0.717) is 12.5 Å². The van der Waals surface area contributed by atoms with E-state index in [-0.39, 0.29) is 12.3 Å². The molecule has 0 aliphatic carbocycles. The molecule has 1 aromatic rings. The lowest BCUT2D eigenvalue weighted by molar-refractivity contribution is -0.147. The highest BCUT2D eigenvalue weighted by atomic mass is 16.5. The Morgan fingerprint density at radius 3 is 2.72 bits per heavy atom. The van der Waals surface area contributed by atoms with Gasteiger partial charge in [0, 0.05) is 6.07 Å². The lowest BCUT2D eigenvalue weighted by Gasteiger charge is -2.18. The minimum absolute atomic E-state index is 0.208. The van der Waals surface area contributed by atoms with Gasteiger partial charge in [-0.25, -0.2) is 14.8 Å².